The van der Waals surface area contributed by atoms with Crippen LogP contribution in [-0.4, -0.2) is 30.8 Å². The van der Waals surface area contributed by atoms with Gasteiger partial charge in [-0.2, -0.15) is 0 Å². The third-order valence-electron chi connectivity index (χ3n) is 4.66. The Labute approximate surface area is 136 Å². The quantitative estimate of drug-likeness (QED) is 0.748. The van der Waals surface area contributed by atoms with Crippen LogP contribution < -0.4 is 10.6 Å². The molecule has 1 aliphatic carbocycles. The van der Waals surface area contributed by atoms with Crippen molar-refractivity contribution in [1.29, 1.82) is 0 Å². The first kappa shape index (κ1) is 19.3. The molecule has 0 heterocycles. The monoisotopic (exact) mass is 312 g/mol. The molecule has 4 nitrogen and oxygen atoms in total. The molecule has 0 aromatic rings. The summed E-state index contributed by atoms with van der Waals surface area (Å²) in [7, 11) is 0. The first-order valence-corrected chi connectivity index (χ1v) is 8.89. The van der Waals surface area contributed by atoms with Crippen molar-refractivity contribution in [2.24, 2.45) is 17.8 Å². The summed E-state index contributed by atoms with van der Waals surface area (Å²) < 4.78 is 5.30. The highest BCUT2D eigenvalue weighted by atomic mass is 16.6. The van der Waals surface area contributed by atoms with Crippen molar-refractivity contribution in [2.45, 2.75) is 78.9 Å². The van der Waals surface area contributed by atoms with Crippen molar-refractivity contribution in [1.82, 2.24) is 10.6 Å². The molecule has 0 radical (unpaired) electrons. The smallest absolute Gasteiger partial charge is 0.407 e. The van der Waals surface area contributed by atoms with Gasteiger partial charge in [0.1, 0.15) is 5.60 Å². The third-order valence-corrected chi connectivity index (χ3v) is 4.66. The van der Waals surface area contributed by atoms with Crippen LogP contribution in [0.2, 0.25) is 0 Å². The highest BCUT2D eigenvalue weighted by Gasteiger charge is 2.23. The van der Waals surface area contributed by atoms with Gasteiger partial charge in [0.05, 0.1) is 0 Å². The first-order chi connectivity index (χ1) is 10.2. The predicted molar refractivity (Wildman–Crippen MR) is 92.0 cm³/mol. The topological polar surface area (TPSA) is 50.4 Å². The highest BCUT2D eigenvalue weighted by Crippen LogP contribution is 2.27. The lowest BCUT2D eigenvalue weighted by Gasteiger charge is -2.27. The Morgan fingerprint density at radius 1 is 1.14 bits per heavy atom. The van der Waals surface area contributed by atoms with Crippen molar-refractivity contribution in [3.05, 3.63) is 0 Å². The summed E-state index contributed by atoms with van der Waals surface area (Å²) in [5.41, 5.74) is -0.438. The molecule has 0 aromatic carbocycles. The molecule has 4 heteroatoms. The van der Waals surface area contributed by atoms with Gasteiger partial charge in [-0.3, -0.25) is 0 Å². The zero-order chi connectivity index (χ0) is 16.8. The SMILES string of the molecule is CC(C)C(CNC(=O)OC(C)(C)C)CN[C@@H](C)C1CCCC1. The Balaban J connectivity index is 2.33. The summed E-state index contributed by atoms with van der Waals surface area (Å²) in [5.74, 6) is 1.78. The normalized spacial score (nSPS) is 19.2. The number of rotatable bonds is 7. The van der Waals surface area contributed by atoms with E-state index in [1.165, 1.54) is 25.7 Å². The number of alkyl carbamates (subject to hydrolysis) is 1. The molecular weight excluding hydrogens is 276 g/mol. The van der Waals surface area contributed by atoms with Crippen LogP contribution >= 0.6 is 0 Å². The molecule has 1 saturated carbocycles. The molecule has 1 unspecified atom stereocenters. The summed E-state index contributed by atoms with van der Waals surface area (Å²) in [6.07, 6.45) is 5.16. The standard InChI is InChI=1S/C18H36N2O2/c1-13(2)16(12-20-17(21)22-18(4,5)6)11-19-14(3)15-9-7-8-10-15/h13-16,19H,7-12H2,1-6H3,(H,20,21)/t14-,16?/m0/s1. The van der Waals surface area contributed by atoms with Crippen LogP contribution in [0.15, 0.2) is 0 Å². The average molecular weight is 312 g/mol. The van der Waals surface area contributed by atoms with Gasteiger partial charge in [0, 0.05) is 19.1 Å². The van der Waals surface area contributed by atoms with E-state index < -0.39 is 5.60 Å². The van der Waals surface area contributed by atoms with Gasteiger partial charge in [0.25, 0.3) is 0 Å². The van der Waals surface area contributed by atoms with Crippen molar-refractivity contribution >= 4 is 6.09 Å². The fourth-order valence-corrected chi connectivity index (χ4v) is 3.03. The maximum atomic E-state index is 11.8. The largest absolute Gasteiger partial charge is 0.444 e. The summed E-state index contributed by atoms with van der Waals surface area (Å²) in [4.78, 5) is 11.8. The zero-order valence-corrected chi connectivity index (χ0v) is 15.4. The van der Waals surface area contributed by atoms with Crippen LogP contribution in [0, 0.1) is 17.8 Å². The van der Waals surface area contributed by atoms with Gasteiger partial charge in [-0.15, -0.1) is 0 Å². The first-order valence-electron chi connectivity index (χ1n) is 8.89. The lowest BCUT2D eigenvalue weighted by atomic mass is 9.94. The fraction of sp³-hybridized carbons (Fsp3) is 0.944. The van der Waals surface area contributed by atoms with Crippen LogP contribution in [0.1, 0.15) is 67.2 Å². The number of amides is 1. The van der Waals surface area contributed by atoms with E-state index in [9.17, 15) is 4.79 Å². The van der Waals surface area contributed by atoms with E-state index in [2.05, 4.69) is 31.4 Å². The van der Waals surface area contributed by atoms with Crippen LogP contribution in [0.4, 0.5) is 4.79 Å². The van der Waals surface area contributed by atoms with Gasteiger partial charge in [-0.05, 0) is 58.3 Å². The predicted octanol–water partition coefficient (Wildman–Crippen LogP) is 3.95. The molecule has 22 heavy (non-hydrogen) atoms. The summed E-state index contributed by atoms with van der Waals surface area (Å²) in [6, 6.07) is 0.574. The maximum absolute atomic E-state index is 11.8. The highest BCUT2D eigenvalue weighted by molar-refractivity contribution is 5.67. The number of nitrogens with one attached hydrogen (secondary N) is 2. The Morgan fingerprint density at radius 3 is 2.23 bits per heavy atom. The minimum absolute atomic E-state index is 0.318. The molecule has 2 N–H and O–H groups in total. The third kappa shape index (κ3) is 7.48. The van der Waals surface area contributed by atoms with Crippen molar-refractivity contribution in [2.75, 3.05) is 13.1 Å². The minimum Gasteiger partial charge on any atom is -0.444 e. The molecule has 130 valence electrons. The molecule has 1 fully saturated rings. The molecular formula is C18H36N2O2. The van der Waals surface area contributed by atoms with Crippen LogP contribution in [0.3, 0.4) is 0 Å². The molecule has 2 atom stereocenters. The lowest BCUT2D eigenvalue weighted by Crippen LogP contribution is -2.42. The van der Waals surface area contributed by atoms with Crippen LogP contribution in [0.5, 0.6) is 0 Å². The van der Waals surface area contributed by atoms with Crippen molar-refractivity contribution < 1.29 is 9.53 Å². The van der Waals surface area contributed by atoms with E-state index in [0.29, 0.717) is 24.4 Å². The molecule has 0 bridgehead atoms. The van der Waals surface area contributed by atoms with Crippen molar-refractivity contribution in [3.8, 4) is 0 Å². The summed E-state index contributed by atoms with van der Waals surface area (Å²) in [5, 5.41) is 6.60. The minimum atomic E-state index is -0.438. The number of hydrogen-bond acceptors (Lipinski definition) is 3. The van der Waals surface area contributed by atoms with Gasteiger partial charge in [-0.25, -0.2) is 4.79 Å². The number of hydrogen-bond donors (Lipinski definition) is 2. The molecule has 1 amide bonds. The lowest BCUT2D eigenvalue weighted by molar-refractivity contribution is 0.0514. The van der Waals surface area contributed by atoms with Gasteiger partial charge in [0.15, 0.2) is 0 Å². The summed E-state index contributed by atoms with van der Waals surface area (Å²) in [6.45, 7) is 14.0. The number of carbonyl (C=O) groups excluding carboxylic acids is 1. The second kappa shape index (κ2) is 8.76. The Hall–Kier alpha value is -0.770. The maximum Gasteiger partial charge on any atom is 0.407 e. The van der Waals surface area contributed by atoms with E-state index in [4.69, 9.17) is 4.74 Å². The molecule has 0 spiro atoms. The molecule has 0 saturated heterocycles. The Morgan fingerprint density at radius 2 is 1.73 bits per heavy atom. The number of carbonyl (C=O) groups is 1. The van der Waals surface area contributed by atoms with Crippen LogP contribution in [-0.2, 0) is 4.74 Å². The second-order valence-electron chi connectivity index (χ2n) is 8.13. The van der Waals surface area contributed by atoms with Crippen molar-refractivity contribution in [3.63, 3.8) is 0 Å². The van der Waals surface area contributed by atoms with Crippen LogP contribution in [0.25, 0.3) is 0 Å². The van der Waals surface area contributed by atoms with Gasteiger partial charge in [-0.1, -0.05) is 26.7 Å². The number of ether oxygens (including phenoxy) is 1. The Kier molecular flexibility index (Phi) is 7.67. The van der Waals surface area contributed by atoms with Gasteiger partial charge < -0.3 is 15.4 Å². The second-order valence-corrected chi connectivity index (χ2v) is 8.13. The zero-order valence-electron chi connectivity index (χ0n) is 15.4. The van der Waals surface area contributed by atoms with Gasteiger partial charge >= 0.3 is 6.09 Å². The fourth-order valence-electron chi connectivity index (χ4n) is 3.03. The molecule has 1 aliphatic rings. The molecule has 1 rings (SSSR count). The summed E-state index contributed by atoms with van der Waals surface area (Å²) >= 11 is 0. The Bertz CT molecular complexity index is 330. The van der Waals surface area contributed by atoms with Gasteiger partial charge in [0.2, 0.25) is 0 Å². The van der Waals surface area contributed by atoms with E-state index in [1.54, 1.807) is 0 Å². The molecule has 0 aromatic heterocycles. The van der Waals surface area contributed by atoms with E-state index >= 15 is 0 Å². The van der Waals surface area contributed by atoms with E-state index in [1.807, 2.05) is 20.8 Å². The van der Waals surface area contributed by atoms with E-state index in [-0.39, 0.29) is 6.09 Å². The average Bonchev–Trinajstić information content (AvgIpc) is 2.89. The van der Waals surface area contributed by atoms with E-state index in [0.717, 1.165) is 12.5 Å². The molecule has 0 aliphatic heterocycles.